The molecule has 0 radical (unpaired) electrons. The van der Waals surface area contributed by atoms with Crippen LogP contribution in [0, 0.1) is 11.6 Å². The van der Waals surface area contributed by atoms with Crippen molar-refractivity contribution >= 4 is 11.9 Å². The van der Waals surface area contributed by atoms with Gasteiger partial charge in [0.1, 0.15) is 11.9 Å². The highest BCUT2D eigenvalue weighted by Crippen LogP contribution is 2.41. The molecule has 1 aromatic heterocycles. The molecule has 1 saturated heterocycles. The lowest BCUT2D eigenvalue weighted by atomic mass is 9.97. The molecule has 1 amide bonds. The Balaban J connectivity index is 2.08. The van der Waals surface area contributed by atoms with Crippen LogP contribution in [0.15, 0.2) is 18.5 Å². The fourth-order valence-electron chi connectivity index (χ4n) is 3.04. The number of hydrogen-bond donors (Lipinski definition) is 1. The largest absolute Gasteiger partial charge is 0.476 e. The third-order valence-electron chi connectivity index (χ3n) is 4.15. The van der Waals surface area contributed by atoms with Gasteiger partial charge in [0.2, 0.25) is 0 Å². The molecule has 2 aromatic rings. The summed E-state index contributed by atoms with van der Waals surface area (Å²) in [6.45, 7) is 0.364. The number of carboxylic acid groups (broad SMARTS) is 1. The Morgan fingerprint density at radius 1 is 1.36 bits per heavy atom. The molecule has 4 rings (SSSR count). The van der Waals surface area contributed by atoms with Crippen molar-refractivity contribution in [3.63, 3.8) is 0 Å². The van der Waals surface area contributed by atoms with Crippen molar-refractivity contribution in [2.45, 2.75) is 12.5 Å². The quantitative estimate of drug-likeness (QED) is 0.871. The summed E-state index contributed by atoms with van der Waals surface area (Å²) in [4.78, 5) is 29.0. The van der Waals surface area contributed by atoms with Gasteiger partial charge in [0.05, 0.1) is 17.4 Å². The lowest BCUT2D eigenvalue weighted by Crippen LogP contribution is -2.45. The number of halogens is 2. The molecule has 0 spiro atoms. The Hall–Kier alpha value is -2.77. The van der Waals surface area contributed by atoms with Crippen LogP contribution in [0.3, 0.4) is 0 Å². The van der Waals surface area contributed by atoms with E-state index >= 15 is 0 Å². The van der Waals surface area contributed by atoms with Crippen LogP contribution in [-0.4, -0.2) is 38.0 Å². The molecule has 112 valence electrons. The van der Waals surface area contributed by atoms with Gasteiger partial charge >= 0.3 is 5.97 Å². The molecule has 2 aliphatic rings. The maximum Gasteiger partial charge on any atom is 0.356 e. The maximum absolute atomic E-state index is 14.1. The van der Waals surface area contributed by atoms with E-state index in [0.717, 1.165) is 6.07 Å². The molecule has 0 unspecified atom stereocenters. The van der Waals surface area contributed by atoms with E-state index in [1.165, 1.54) is 21.9 Å². The number of nitrogens with zero attached hydrogens (tertiary/aromatic N) is 3. The highest BCUT2D eigenvalue weighted by Gasteiger charge is 2.43. The van der Waals surface area contributed by atoms with Gasteiger partial charge in [-0.1, -0.05) is 0 Å². The van der Waals surface area contributed by atoms with E-state index in [2.05, 4.69) is 4.98 Å². The summed E-state index contributed by atoms with van der Waals surface area (Å²) in [6, 6.07) is 1.68. The third kappa shape index (κ3) is 1.44. The van der Waals surface area contributed by atoms with Gasteiger partial charge < -0.3 is 10.0 Å². The molecule has 1 aromatic carbocycles. The number of amides is 1. The normalized spacial score (nSPS) is 18.9. The third-order valence-corrected chi connectivity index (χ3v) is 4.15. The fraction of sp³-hybridized carbons (Fsp3) is 0.214. The standard InChI is InChI=1S/C14H9F2N3O3/c15-6-1-2-7-9(10(6)16)13(20)18-4-3-8(18)12-11(14(21)22)17-5-19(7)12/h1-2,5,8H,3-4H2,(H,21,22)/t8-/m0/s1. The Kier molecular flexibility index (Phi) is 2.42. The molecule has 22 heavy (non-hydrogen) atoms. The number of imidazole rings is 1. The Morgan fingerprint density at radius 2 is 2.14 bits per heavy atom. The van der Waals surface area contributed by atoms with Gasteiger partial charge in [0.15, 0.2) is 17.3 Å². The van der Waals surface area contributed by atoms with Gasteiger partial charge in [-0.05, 0) is 18.6 Å². The highest BCUT2D eigenvalue weighted by molar-refractivity contribution is 6.00. The molecule has 1 fully saturated rings. The van der Waals surface area contributed by atoms with Gasteiger partial charge in [0, 0.05) is 6.54 Å². The number of carbonyl (C=O) groups is 2. The van der Waals surface area contributed by atoms with E-state index in [1.54, 1.807) is 0 Å². The first kappa shape index (κ1) is 12.9. The highest BCUT2D eigenvalue weighted by atomic mass is 19.2. The minimum absolute atomic E-state index is 0.105. The topological polar surface area (TPSA) is 75.4 Å². The van der Waals surface area contributed by atoms with E-state index in [9.17, 15) is 23.5 Å². The second-order valence-electron chi connectivity index (χ2n) is 5.21. The van der Waals surface area contributed by atoms with Gasteiger partial charge in [-0.15, -0.1) is 0 Å². The molecular formula is C14H9F2N3O3. The number of aromatic carboxylic acids is 1. The second-order valence-corrected chi connectivity index (χ2v) is 5.21. The Bertz CT molecular complexity index is 846. The van der Waals surface area contributed by atoms with Crippen molar-refractivity contribution in [2.75, 3.05) is 6.54 Å². The predicted octanol–water partition coefficient (Wildman–Crippen LogP) is 1.75. The van der Waals surface area contributed by atoms with Gasteiger partial charge in [-0.25, -0.2) is 18.6 Å². The number of carbonyl (C=O) groups excluding carboxylic acids is 1. The SMILES string of the molecule is O=C(O)c1ncn2c1[C@@H]1CCN1C(=O)c1c-2ccc(F)c1F. The summed E-state index contributed by atoms with van der Waals surface area (Å²) in [5.41, 5.74) is -0.150. The molecule has 1 atom stereocenters. The monoisotopic (exact) mass is 305 g/mol. The second kappa shape index (κ2) is 4.12. The fourth-order valence-corrected chi connectivity index (χ4v) is 3.04. The maximum atomic E-state index is 14.1. The summed E-state index contributed by atoms with van der Waals surface area (Å²) in [7, 11) is 0. The number of fused-ring (bicyclic) bond motifs is 5. The molecule has 0 bridgehead atoms. The van der Waals surface area contributed by atoms with Crippen molar-refractivity contribution in [2.24, 2.45) is 0 Å². The zero-order chi connectivity index (χ0) is 15.6. The van der Waals surface area contributed by atoms with Crippen LogP contribution in [0.1, 0.15) is 39.0 Å². The molecular weight excluding hydrogens is 296 g/mol. The van der Waals surface area contributed by atoms with Crippen LogP contribution >= 0.6 is 0 Å². The van der Waals surface area contributed by atoms with Crippen molar-refractivity contribution in [3.8, 4) is 5.69 Å². The van der Waals surface area contributed by atoms with Gasteiger partial charge in [0.25, 0.3) is 5.91 Å². The molecule has 3 heterocycles. The summed E-state index contributed by atoms with van der Waals surface area (Å²) < 4.78 is 29.0. The van der Waals surface area contributed by atoms with E-state index in [0.29, 0.717) is 18.7 Å². The first-order chi connectivity index (χ1) is 10.5. The summed E-state index contributed by atoms with van der Waals surface area (Å²) >= 11 is 0. The summed E-state index contributed by atoms with van der Waals surface area (Å²) in [5, 5.41) is 9.25. The van der Waals surface area contributed by atoms with Crippen LogP contribution in [0.25, 0.3) is 5.69 Å². The zero-order valence-corrected chi connectivity index (χ0v) is 11.1. The number of benzene rings is 1. The van der Waals surface area contributed by atoms with Crippen molar-refractivity contribution < 1.29 is 23.5 Å². The van der Waals surface area contributed by atoms with Crippen LogP contribution < -0.4 is 0 Å². The van der Waals surface area contributed by atoms with Crippen molar-refractivity contribution in [1.29, 1.82) is 0 Å². The number of rotatable bonds is 1. The average Bonchev–Trinajstić information content (AvgIpc) is 2.82. The molecule has 6 nitrogen and oxygen atoms in total. The van der Waals surface area contributed by atoms with Crippen LogP contribution in [0.5, 0.6) is 0 Å². The van der Waals surface area contributed by atoms with Crippen LogP contribution in [0.4, 0.5) is 8.78 Å². The molecule has 2 aliphatic heterocycles. The number of carboxylic acids is 1. The number of aromatic nitrogens is 2. The van der Waals surface area contributed by atoms with Gasteiger partial charge in [-0.2, -0.15) is 0 Å². The number of hydrogen-bond acceptors (Lipinski definition) is 3. The van der Waals surface area contributed by atoms with Crippen molar-refractivity contribution in [1.82, 2.24) is 14.5 Å². The Labute approximate surface area is 122 Å². The van der Waals surface area contributed by atoms with Crippen molar-refractivity contribution in [3.05, 3.63) is 47.0 Å². The Morgan fingerprint density at radius 3 is 2.77 bits per heavy atom. The average molecular weight is 305 g/mol. The predicted molar refractivity (Wildman–Crippen MR) is 68.8 cm³/mol. The smallest absolute Gasteiger partial charge is 0.356 e. The first-order valence-corrected chi connectivity index (χ1v) is 6.60. The van der Waals surface area contributed by atoms with E-state index in [-0.39, 0.29) is 11.4 Å². The van der Waals surface area contributed by atoms with Crippen LogP contribution in [-0.2, 0) is 0 Å². The summed E-state index contributed by atoms with van der Waals surface area (Å²) in [5.74, 6) is -4.21. The lowest BCUT2D eigenvalue weighted by Gasteiger charge is -2.39. The lowest BCUT2D eigenvalue weighted by molar-refractivity contribution is 0.0444. The van der Waals surface area contributed by atoms with E-state index in [1.807, 2.05) is 0 Å². The van der Waals surface area contributed by atoms with E-state index < -0.39 is 35.1 Å². The zero-order valence-electron chi connectivity index (χ0n) is 11.1. The minimum Gasteiger partial charge on any atom is -0.476 e. The molecule has 1 N–H and O–H groups in total. The first-order valence-electron chi connectivity index (χ1n) is 6.60. The molecule has 0 saturated carbocycles. The van der Waals surface area contributed by atoms with Crippen LogP contribution in [0.2, 0.25) is 0 Å². The summed E-state index contributed by atoms with van der Waals surface area (Å²) in [6.07, 6.45) is 1.78. The molecule has 0 aliphatic carbocycles. The van der Waals surface area contributed by atoms with Gasteiger partial charge in [-0.3, -0.25) is 9.36 Å². The minimum atomic E-state index is -1.23. The molecule has 8 heteroatoms. The van der Waals surface area contributed by atoms with E-state index in [4.69, 9.17) is 0 Å².